The van der Waals surface area contributed by atoms with Gasteiger partial charge in [-0.1, -0.05) is 26.2 Å². The molecule has 1 amide bonds. The van der Waals surface area contributed by atoms with E-state index in [9.17, 15) is 4.79 Å². The Morgan fingerprint density at radius 1 is 1.09 bits per heavy atom. The van der Waals surface area contributed by atoms with Gasteiger partial charge in [-0.25, -0.2) is 0 Å². The van der Waals surface area contributed by atoms with Crippen molar-refractivity contribution in [2.45, 2.75) is 51.5 Å². The van der Waals surface area contributed by atoms with E-state index in [2.05, 4.69) is 6.92 Å². The monoisotopic (exact) mass is 305 g/mol. The number of nitrogens with zero attached hydrogens (tertiary/aromatic N) is 1. The fourth-order valence-corrected chi connectivity index (χ4v) is 2.77. The number of carbonyl (C=O) groups is 1. The van der Waals surface area contributed by atoms with Crippen LogP contribution in [0.1, 0.15) is 45.4 Å². The van der Waals surface area contributed by atoms with Gasteiger partial charge in [-0.15, -0.1) is 0 Å². The molecule has 1 saturated carbocycles. The van der Waals surface area contributed by atoms with Crippen LogP contribution in [0.15, 0.2) is 24.3 Å². The molecule has 1 aliphatic carbocycles. The van der Waals surface area contributed by atoms with E-state index >= 15 is 0 Å². The molecule has 0 atom stereocenters. The minimum absolute atomic E-state index is 0.0539. The highest BCUT2D eigenvalue weighted by Gasteiger charge is 2.22. The third-order valence-electron chi connectivity index (χ3n) is 4.17. The van der Waals surface area contributed by atoms with E-state index in [-0.39, 0.29) is 12.5 Å². The Morgan fingerprint density at radius 3 is 2.27 bits per heavy atom. The van der Waals surface area contributed by atoms with Crippen molar-refractivity contribution in [2.75, 3.05) is 20.3 Å². The van der Waals surface area contributed by atoms with Gasteiger partial charge in [0.15, 0.2) is 6.61 Å². The summed E-state index contributed by atoms with van der Waals surface area (Å²) < 4.78 is 11.1. The number of ether oxygens (including phenoxy) is 2. The van der Waals surface area contributed by atoms with Crippen LogP contribution in [0.25, 0.3) is 0 Å². The molecule has 0 spiro atoms. The van der Waals surface area contributed by atoms with Gasteiger partial charge in [-0.05, 0) is 43.5 Å². The first-order valence-corrected chi connectivity index (χ1v) is 8.32. The lowest BCUT2D eigenvalue weighted by Gasteiger charge is -2.31. The van der Waals surface area contributed by atoms with E-state index in [1.807, 2.05) is 36.2 Å². The minimum atomic E-state index is 0.0539. The Kier molecular flexibility index (Phi) is 6.56. The largest absolute Gasteiger partial charge is 0.494 e. The second-order valence-electron chi connectivity index (χ2n) is 5.91. The second kappa shape index (κ2) is 8.66. The number of carbonyl (C=O) groups excluding carboxylic acids is 1. The molecule has 0 heterocycles. The molecule has 0 aromatic heterocycles. The first-order chi connectivity index (χ1) is 10.7. The van der Waals surface area contributed by atoms with Crippen molar-refractivity contribution in [3.05, 3.63) is 24.3 Å². The van der Waals surface area contributed by atoms with Gasteiger partial charge in [-0.3, -0.25) is 4.79 Å². The third kappa shape index (κ3) is 4.93. The Balaban J connectivity index is 1.77. The van der Waals surface area contributed by atoms with Crippen LogP contribution < -0.4 is 9.47 Å². The molecule has 0 bridgehead atoms. The quantitative estimate of drug-likeness (QED) is 0.772. The summed E-state index contributed by atoms with van der Waals surface area (Å²) in [6, 6.07) is 7.83. The standard InChI is InChI=1S/C18H27NO3/c1-3-13-21-16-9-11-17(12-10-16)22-14-18(20)19(2)15-7-5-4-6-8-15/h9-12,15H,3-8,13-14H2,1-2H3. The molecule has 0 N–H and O–H groups in total. The number of rotatable bonds is 7. The number of hydrogen-bond donors (Lipinski definition) is 0. The first kappa shape index (κ1) is 16.7. The Bertz CT molecular complexity index is 452. The molecule has 22 heavy (non-hydrogen) atoms. The van der Waals surface area contributed by atoms with Crippen molar-refractivity contribution in [1.29, 1.82) is 0 Å². The lowest BCUT2D eigenvalue weighted by molar-refractivity contribution is -0.134. The lowest BCUT2D eigenvalue weighted by atomic mass is 9.94. The van der Waals surface area contributed by atoms with E-state index < -0.39 is 0 Å². The fraction of sp³-hybridized carbons (Fsp3) is 0.611. The van der Waals surface area contributed by atoms with Crippen molar-refractivity contribution in [3.63, 3.8) is 0 Å². The minimum Gasteiger partial charge on any atom is -0.494 e. The third-order valence-corrected chi connectivity index (χ3v) is 4.17. The van der Waals surface area contributed by atoms with Crippen LogP contribution in [0.3, 0.4) is 0 Å². The van der Waals surface area contributed by atoms with Gasteiger partial charge in [0.2, 0.25) is 0 Å². The van der Waals surface area contributed by atoms with E-state index in [4.69, 9.17) is 9.47 Å². The molecule has 4 nitrogen and oxygen atoms in total. The zero-order valence-corrected chi connectivity index (χ0v) is 13.7. The normalized spacial score (nSPS) is 15.4. The molecule has 0 aliphatic heterocycles. The molecule has 2 rings (SSSR count). The number of benzene rings is 1. The van der Waals surface area contributed by atoms with Gasteiger partial charge < -0.3 is 14.4 Å². The second-order valence-corrected chi connectivity index (χ2v) is 5.91. The maximum atomic E-state index is 12.2. The molecule has 1 aliphatic rings. The van der Waals surface area contributed by atoms with Crippen LogP contribution in [-0.4, -0.2) is 37.1 Å². The van der Waals surface area contributed by atoms with Gasteiger partial charge in [0.1, 0.15) is 11.5 Å². The molecular weight excluding hydrogens is 278 g/mol. The smallest absolute Gasteiger partial charge is 0.260 e. The maximum absolute atomic E-state index is 12.2. The van der Waals surface area contributed by atoms with Gasteiger partial charge in [0, 0.05) is 13.1 Å². The van der Waals surface area contributed by atoms with Crippen LogP contribution in [0.4, 0.5) is 0 Å². The van der Waals surface area contributed by atoms with Crippen LogP contribution >= 0.6 is 0 Å². The maximum Gasteiger partial charge on any atom is 0.260 e. The summed E-state index contributed by atoms with van der Waals surface area (Å²) in [5, 5.41) is 0. The zero-order valence-electron chi connectivity index (χ0n) is 13.7. The summed E-state index contributed by atoms with van der Waals surface area (Å²) in [5.74, 6) is 1.59. The van der Waals surface area contributed by atoms with E-state index in [1.165, 1.54) is 19.3 Å². The summed E-state index contributed by atoms with van der Waals surface area (Å²) in [5.41, 5.74) is 0. The summed E-state index contributed by atoms with van der Waals surface area (Å²) in [7, 11) is 1.89. The summed E-state index contributed by atoms with van der Waals surface area (Å²) in [6.45, 7) is 2.89. The highest BCUT2D eigenvalue weighted by molar-refractivity contribution is 5.77. The van der Waals surface area contributed by atoms with Gasteiger partial charge in [-0.2, -0.15) is 0 Å². The molecule has 4 heteroatoms. The van der Waals surface area contributed by atoms with Crippen LogP contribution in [0, 0.1) is 0 Å². The molecular formula is C18H27NO3. The summed E-state index contributed by atoms with van der Waals surface area (Å²) in [4.78, 5) is 14.1. The Morgan fingerprint density at radius 2 is 1.68 bits per heavy atom. The Labute approximate surface area is 133 Å². The van der Waals surface area contributed by atoms with Crippen molar-refractivity contribution < 1.29 is 14.3 Å². The molecule has 0 saturated heterocycles. The van der Waals surface area contributed by atoms with E-state index in [0.717, 1.165) is 25.0 Å². The highest BCUT2D eigenvalue weighted by Crippen LogP contribution is 2.22. The predicted molar refractivity (Wildman–Crippen MR) is 87.4 cm³/mol. The van der Waals surface area contributed by atoms with Gasteiger partial charge in [0.05, 0.1) is 6.61 Å². The fourth-order valence-electron chi connectivity index (χ4n) is 2.77. The predicted octanol–water partition coefficient (Wildman–Crippen LogP) is 3.65. The summed E-state index contributed by atoms with van der Waals surface area (Å²) in [6.07, 6.45) is 6.96. The van der Waals surface area contributed by atoms with Gasteiger partial charge >= 0.3 is 0 Å². The van der Waals surface area contributed by atoms with Gasteiger partial charge in [0.25, 0.3) is 5.91 Å². The topological polar surface area (TPSA) is 38.8 Å². The van der Waals surface area contributed by atoms with Crippen LogP contribution in [0.5, 0.6) is 11.5 Å². The molecule has 1 fully saturated rings. The molecule has 0 unspecified atom stereocenters. The lowest BCUT2D eigenvalue weighted by Crippen LogP contribution is -2.40. The average Bonchev–Trinajstić information content (AvgIpc) is 2.58. The molecule has 1 aromatic carbocycles. The van der Waals surface area contributed by atoms with Crippen molar-refractivity contribution in [1.82, 2.24) is 4.90 Å². The number of likely N-dealkylation sites (N-methyl/N-ethyl adjacent to an activating group) is 1. The Hall–Kier alpha value is -1.71. The van der Waals surface area contributed by atoms with Crippen LogP contribution in [-0.2, 0) is 4.79 Å². The SMILES string of the molecule is CCCOc1ccc(OCC(=O)N(C)C2CCCCC2)cc1. The number of amides is 1. The first-order valence-electron chi connectivity index (χ1n) is 8.32. The number of hydrogen-bond acceptors (Lipinski definition) is 3. The van der Waals surface area contributed by atoms with E-state index in [1.54, 1.807) is 0 Å². The van der Waals surface area contributed by atoms with Crippen molar-refractivity contribution >= 4 is 5.91 Å². The summed E-state index contributed by atoms with van der Waals surface area (Å²) >= 11 is 0. The highest BCUT2D eigenvalue weighted by atomic mass is 16.5. The van der Waals surface area contributed by atoms with Crippen molar-refractivity contribution in [3.8, 4) is 11.5 Å². The zero-order chi connectivity index (χ0) is 15.8. The van der Waals surface area contributed by atoms with E-state index in [0.29, 0.717) is 18.4 Å². The van der Waals surface area contributed by atoms with Crippen molar-refractivity contribution in [2.24, 2.45) is 0 Å². The molecule has 0 radical (unpaired) electrons. The average molecular weight is 305 g/mol. The van der Waals surface area contributed by atoms with Crippen LogP contribution in [0.2, 0.25) is 0 Å². The molecule has 122 valence electrons. The molecule has 1 aromatic rings.